The van der Waals surface area contributed by atoms with E-state index in [9.17, 15) is 0 Å². The molecule has 11 rings (SSSR count). The van der Waals surface area contributed by atoms with Gasteiger partial charge >= 0.3 is 0 Å². The average molecular weight is 715 g/mol. The SMILES string of the molecule is C1=C(c2c3ccccc3c(-c3ccccc3)c3ccccc23)CCc2c1c1ccccc1n2-c1ccc(N(c2ccccc2)c2cccc3ccccc23)cc1. The van der Waals surface area contributed by atoms with Gasteiger partial charge in [0.2, 0.25) is 0 Å². The number of rotatable bonds is 6. The van der Waals surface area contributed by atoms with Gasteiger partial charge in [0.1, 0.15) is 0 Å². The smallest absolute Gasteiger partial charge is 0.0540 e. The number of anilines is 3. The van der Waals surface area contributed by atoms with Gasteiger partial charge in [0.15, 0.2) is 0 Å². The third-order valence-corrected chi connectivity index (χ3v) is 11.7. The molecule has 1 heterocycles. The predicted octanol–water partition coefficient (Wildman–Crippen LogP) is 14.7. The van der Waals surface area contributed by atoms with Gasteiger partial charge in [-0.1, -0.05) is 152 Å². The second kappa shape index (κ2) is 13.3. The summed E-state index contributed by atoms with van der Waals surface area (Å²) in [7, 11) is 0. The molecule has 9 aromatic carbocycles. The summed E-state index contributed by atoms with van der Waals surface area (Å²) in [5, 5.41) is 8.98. The van der Waals surface area contributed by atoms with Gasteiger partial charge in [0.05, 0.1) is 11.2 Å². The maximum absolute atomic E-state index is 2.50. The molecule has 0 saturated carbocycles. The highest BCUT2D eigenvalue weighted by Crippen LogP contribution is 2.46. The highest BCUT2D eigenvalue weighted by atomic mass is 15.1. The number of nitrogens with zero attached hydrogens (tertiary/aromatic N) is 2. The summed E-state index contributed by atoms with van der Waals surface area (Å²) in [5.41, 5.74) is 13.9. The lowest BCUT2D eigenvalue weighted by Gasteiger charge is -2.27. The summed E-state index contributed by atoms with van der Waals surface area (Å²) in [4.78, 5) is 2.38. The van der Waals surface area contributed by atoms with E-state index in [-0.39, 0.29) is 0 Å². The fourth-order valence-corrected chi connectivity index (χ4v) is 9.27. The number of fused-ring (bicyclic) bond motifs is 6. The molecule has 0 fully saturated rings. The predicted molar refractivity (Wildman–Crippen MR) is 239 cm³/mol. The Bertz CT molecular complexity index is 3050. The van der Waals surface area contributed by atoms with E-state index >= 15 is 0 Å². The van der Waals surface area contributed by atoms with E-state index in [2.05, 4.69) is 216 Å². The highest BCUT2D eigenvalue weighted by molar-refractivity contribution is 6.20. The molecule has 2 heteroatoms. The molecule has 1 aliphatic rings. The first-order valence-electron chi connectivity index (χ1n) is 19.6. The lowest BCUT2D eigenvalue weighted by Crippen LogP contribution is -2.11. The minimum absolute atomic E-state index is 0.951. The average Bonchev–Trinajstić information content (AvgIpc) is 3.60. The zero-order chi connectivity index (χ0) is 37.0. The Kier molecular flexibility index (Phi) is 7.67. The Balaban J connectivity index is 1.06. The third kappa shape index (κ3) is 5.18. The van der Waals surface area contributed by atoms with Crippen LogP contribution in [0.25, 0.3) is 71.7 Å². The lowest BCUT2D eigenvalue weighted by atomic mass is 9.82. The first-order valence-corrected chi connectivity index (χ1v) is 19.6. The summed E-state index contributed by atoms with van der Waals surface area (Å²) in [6.07, 6.45) is 4.41. The molecule has 1 aromatic heterocycles. The van der Waals surface area contributed by atoms with Crippen LogP contribution in [0, 0.1) is 0 Å². The van der Waals surface area contributed by atoms with Gasteiger partial charge in [0.25, 0.3) is 0 Å². The van der Waals surface area contributed by atoms with Crippen molar-refractivity contribution in [2.24, 2.45) is 0 Å². The number of benzene rings is 9. The van der Waals surface area contributed by atoms with Crippen LogP contribution in [0.2, 0.25) is 0 Å². The normalized spacial score (nSPS) is 12.6. The van der Waals surface area contributed by atoms with Crippen LogP contribution in [-0.2, 0) is 6.42 Å². The Labute approximate surface area is 326 Å². The van der Waals surface area contributed by atoms with E-state index < -0.39 is 0 Å². The van der Waals surface area contributed by atoms with Crippen LogP contribution in [0.5, 0.6) is 0 Å². The topological polar surface area (TPSA) is 8.17 Å². The van der Waals surface area contributed by atoms with Gasteiger partial charge in [0, 0.05) is 39.1 Å². The van der Waals surface area contributed by atoms with Crippen molar-refractivity contribution in [1.82, 2.24) is 4.57 Å². The molecule has 0 bridgehead atoms. The van der Waals surface area contributed by atoms with Crippen molar-refractivity contribution in [2.45, 2.75) is 12.8 Å². The molecule has 10 aromatic rings. The molecule has 2 nitrogen and oxygen atoms in total. The maximum Gasteiger partial charge on any atom is 0.0540 e. The number of aromatic nitrogens is 1. The quantitative estimate of drug-likeness (QED) is 0.156. The van der Waals surface area contributed by atoms with Crippen molar-refractivity contribution in [1.29, 1.82) is 0 Å². The molecular weight excluding hydrogens is 677 g/mol. The largest absolute Gasteiger partial charge is 0.313 e. The lowest BCUT2D eigenvalue weighted by molar-refractivity contribution is 0.899. The molecule has 264 valence electrons. The molecule has 0 spiro atoms. The van der Waals surface area contributed by atoms with Crippen molar-refractivity contribution in [3.63, 3.8) is 0 Å². The fourth-order valence-electron chi connectivity index (χ4n) is 9.27. The minimum Gasteiger partial charge on any atom is -0.313 e. The number of hydrogen-bond acceptors (Lipinski definition) is 1. The third-order valence-electron chi connectivity index (χ3n) is 11.7. The molecule has 0 N–H and O–H groups in total. The molecular formula is C54H38N2. The first kappa shape index (κ1) is 32.3. The van der Waals surface area contributed by atoms with E-state index in [1.165, 1.54) is 88.1 Å². The van der Waals surface area contributed by atoms with E-state index in [4.69, 9.17) is 0 Å². The van der Waals surface area contributed by atoms with Gasteiger partial charge in [-0.2, -0.15) is 0 Å². The minimum atomic E-state index is 0.951. The summed E-state index contributed by atoms with van der Waals surface area (Å²) < 4.78 is 2.50. The van der Waals surface area contributed by atoms with Gasteiger partial charge in [-0.3, -0.25) is 0 Å². The van der Waals surface area contributed by atoms with Crippen LogP contribution in [0.4, 0.5) is 17.1 Å². The first-order chi connectivity index (χ1) is 27.8. The van der Waals surface area contributed by atoms with Crippen LogP contribution in [0.1, 0.15) is 23.2 Å². The standard InChI is InChI=1S/C54H38N2/c1-3-17-38(18-4-1)53-45-24-9-11-26-47(45)54(48-27-12-10-25-46(48)53)39-30-35-52-49(36-39)44-23-13-14-28-51(44)56(52)42-33-31-41(32-34-42)55(40-20-5-2-6-21-40)50-29-15-19-37-16-7-8-22-43(37)50/h1-29,31-34,36H,30,35H2. The summed E-state index contributed by atoms with van der Waals surface area (Å²) >= 11 is 0. The molecule has 0 saturated heterocycles. The zero-order valence-electron chi connectivity index (χ0n) is 30.9. The van der Waals surface area contributed by atoms with Crippen LogP contribution in [-0.4, -0.2) is 4.57 Å². The van der Waals surface area contributed by atoms with Crippen molar-refractivity contribution < 1.29 is 0 Å². The van der Waals surface area contributed by atoms with Gasteiger partial charge in [-0.25, -0.2) is 0 Å². The summed E-state index contributed by atoms with van der Waals surface area (Å²) in [6.45, 7) is 0. The van der Waals surface area contributed by atoms with Crippen molar-refractivity contribution in [2.75, 3.05) is 4.90 Å². The van der Waals surface area contributed by atoms with Gasteiger partial charge in [-0.05, 0) is 117 Å². The monoisotopic (exact) mass is 714 g/mol. The van der Waals surface area contributed by atoms with Crippen molar-refractivity contribution in [3.8, 4) is 16.8 Å². The highest BCUT2D eigenvalue weighted by Gasteiger charge is 2.25. The van der Waals surface area contributed by atoms with E-state index in [1.807, 2.05) is 0 Å². The van der Waals surface area contributed by atoms with E-state index in [0.29, 0.717) is 0 Å². The molecule has 0 atom stereocenters. The molecule has 0 radical (unpaired) electrons. The second-order valence-corrected chi connectivity index (χ2v) is 14.8. The number of allylic oxidation sites excluding steroid dienone is 1. The summed E-state index contributed by atoms with van der Waals surface area (Å²) in [6, 6.07) is 72.9. The maximum atomic E-state index is 2.50. The van der Waals surface area contributed by atoms with Crippen LogP contribution < -0.4 is 4.90 Å². The molecule has 56 heavy (non-hydrogen) atoms. The van der Waals surface area contributed by atoms with Crippen LogP contribution in [0.15, 0.2) is 200 Å². The van der Waals surface area contributed by atoms with Crippen LogP contribution in [0.3, 0.4) is 0 Å². The van der Waals surface area contributed by atoms with Gasteiger partial charge < -0.3 is 9.47 Å². The summed E-state index contributed by atoms with van der Waals surface area (Å²) in [5.74, 6) is 0. The van der Waals surface area contributed by atoms with Gasteiger partial charge in [-0.15, -0.1) is 0 Å². The molecule has 0 unspecified atom stereocenters. The Hall–Kier alpha value is -7.16. The van der Waals surface area contributed by atoms with E-state index in [1.54, 1.807) is 0 Å². The molecule has 1 aliphatic carbocycles. The van der Waals surface area contributed by atoms with Crippen LogP contribution >= 0.6 is 0 Å². The van der Waals surface area contributed by atoms with E-state index in [0.717, 1.165) is 24.2 Å². The Morgan fingerprint density at radius 1 is 0.393 bits per heavy atom. The molecule has 0 amide bonds. The Morgan fingerprint density at radius 3 is 1.62 bits per heavy atom. The fraction of sp³-hybridized carbons (Fsp3) is 0.0370. The number of hydrogen-bond donors (Lipinski definition) is 0. The molecule has 0 aliphatic heterocycles. The number of para-hydroxylation sites is 2. The van der Waals surface area contributed by atoms with Crippen molar-refractivity contribution in [3.05, 3.63) is 217 Å². The zero-order valence-corrected chi connectivity index (χ0v) is 30.9. The van der Waals surface area contributed by atoms with Crippen molar-refractivity contribution >= 4 is 71.9 Å². The Morgan fingerprint density at radius 2 is 0.929 bits per heavy atom. The second-order valence-electron chi connectivity index (χ2n) is 14.8.